The summed E-state index contributed by atoms with van der Waals surface area (Å²) >= 11 is 0. The molecule has 0 aromatic carbocycles. The molecule has 13 heavy (non-hydrogen) atoms. The molecule has 0 radical (unpaired) electrons. The van der Waals surface area contributed by atoms with Crippen LogP contribution in [0, 0.1) is 0 Å². The van der Waals surface area contributed by atoms with Crippen LogP contribution in [0.1, 0.15) is 27.7 Å². The van der Waals surface area contributed by atoms with E-state index in [1.165, 1.54) is 0 Å². The minimum atomic E-state index is -0.596. The van der Waals surface area contributed by atoms with Crippen molar-refractivity contribution in [3.05, 3.63) is 0 Å². The molecule has 4 heteroatoms. The van der Waals surface area contributed by atoms with E-state index in [0.717, 1.165) is 0 Å². The first-order valence-corrected chi connectivity index (χ1v) is 4.62. The van der Waals surface area contributed by atoms with Crippen molar-refractivity contribution in [3.63, 3.8) is 0 Å². The molecule has 0 aliphatic heterocycles. The molecule has 80 valence electrons. The first-order valence-electron chi connectivity index (χ1n) is 4.62. The molecule has 0 spiro atoms. The smallest absolute Gasteiger partial charge is 0.162 e. The fourth-order valence-electron chi connectivity index (χ4n) is 0.706. The molecule has 0 saturated carbocycles. The van der Waals surface area contributed by atoms with Crippen LogP contribution in [0.25, 0.3) is 0 Å². The molecule has 0 aliphatic carbocycles. The Morgan fingerprint density at radius 2 is 1.31 bits per heavy atom. The van der Waals surface area contributed by atoms with Crippen LogP contribution in [0.3, 0.4) is 0 Å². The Morgan fingerprint density at radius 3 is 1.54 bits per heavy atom. The van der Waals surface area contributed by atoms with E-state index >= 15 is 0 Å². The van der Waals surface area contributed by atoms with Gasteiger partial charge in [-0.3, -0.25) is 0 Å². The first kappa shape index (κ1) is 12.8. The third-order valence-corrected chi connectivity index (χ3v) is 1.39. The van der Waals surface area contributed by atoms with E-state index in [2.05, 4.69) is 0 Å². The topological polar surface area (TPSA) is 70.5 Å². The maximum absolute atomic E-state index is 5.55. The van der Waals surface area contributed by atoms with Gasteiger partial charge < -0.3 is 20.9 Å². The summed E-state index contributed by atoms with van der Waals surface area (Å²) in [5.41, 5.74) is 11.1. The molecule has 0 saturated heterocycles. The lowest BCUT2D eigenvalue weighted by Crippen LogP contribution is -2.37. The van der Waals surface area contributed by atoms with E-state index < -0.39 is 5.79 Å². The van der Waals surface area contributed by atoms with Crippen LogP contribution in [-0.4, -0.2) is 31.1 Å². The van der Waals surface area contributed by atoms with Gasteiger partial charge in [0.25, 0.3) is 0 Å². The van der Waals surface area contributed by atoms with Crippen LogP contribution in [0.15, 0.2) is 0 Å². The SMILES string of the molecule is CC(N)COC(C)(C)OCC(C)N. The van der Waals surface area contributed by atoms with E-state index in [1.807, 2.05) is 27.7 Å². The first-order chi connectivity index (χ1) is 5.83. The van der Waals surface area contributed by atoms with Gasteiger partial charge in [-0.2, -0.15) is 0 Å². The highest BCUT2D eigenvalue weighted by Crippen LogP contribution is 2.11. The second kappa shape index (κ2) is 5.54. The summed E-state index contributed by atoms with van der Waals surface area (Å²) in [7, 11) is 0. The van der Waals surface area contributed by atoms with Gasteiger partial charge in [-0.1, -0.05) is 0 Å². The Bertz CT molecular complexity index is 122. The second-order valence-electron chi connectivity index (χ2n) is 3.98. The molecule has 4 nitrogen and oxygen atoms in total. The lowest BCUT2D eigenvalue weighted by atomic mass is 10.3. The normalized spacial score (nSPS) is 17.1. The van der Waals surface area contributed by atoms with Gasteiger partial charge in [0.15, 0.2) is 5.79 Å². The van der Waals surface area contributed by atoms with Crippen LogP contribution < -0.4 is 11.5 Å². The number of hydrogen-bond donors (Lipinski definition) is 2. The summed E-state index contributed by atoms with van der Waals surface area (Å²) in [5, 5.41) is 0. The quantitative estimate of drug-likeness (QED) is 0.597. The third kappa shape index (κ3) is 8.18. The van der Waals surface area contributed by atoms with Crippen molar-refractivity contribution in [2.24, 2.45) is 11.5 Å². The molecule has 2 atom stereocenters. The van der Waals surface area contributed by atoms with Gasteiger partial charge >= 0.3 is 0 Å². The Balaban J connectivity index is 3.66. The van der Waals surface area contributed by atoms with Crippen LogP contribution in [0.2, 0.25) is 0 Å². The van der Waals surface area contributed by atoms with Gasteiger partial charge in [-0.25, -0.2) is 0 Å². The average molecular weight is 190 g/mol. The van der Waals surface area contributed by atoms with E-state index in [9.17, 15) is 0 Å². The zero-order valence-corrected chi connectivity index (χ0v) is 9.04. The van der Waals surface area contributed by atoms with Crippen molar-refractivity contribution in [3.8, 4) is 0 Å². The second-order valence-corrected chi connectivity index (χ2v) is 3.98. The van der Waals surface area contributed by atoms with E-state index in [-0.39, 0.29) is 12.1 Å². The zero-order valence-electron chi connectivity index (χ0n) is 9.04. The predicted molar refractivity (Wildman–Crippen MR) is 53.3 cm³/mol. The molecule has 0 bridgehead atoms. The number of ether oxygens (including phenoxy) is 2. The van der Waals surface area contributed by atoms with Gasteiger partial charge in [0.2, 0.25) is 0 Å². The summed E-state index contributed by atoms with van der Waals surface area (Å²) in [6, 6.07) is 0.0522. The highest BCUT2D eigenvalue weighted by molar-refractivity contribution is 4.60. The lowest BCUT2D eigenvalue weighted by Gasteiger charge is -2.27. The fraction of sp³-hybridized carbons (Fsp3) is 1.00. The van der Waals surface area contributed by atoms with Crippen molar-refractivity contribution < 1.29 is 9.47 Å². The molecule has 2 unspecified atom stereocenters. The molecule has 0 aromatic rings. The minimum Gasteiger partial charge on any atom is -0.349 e. The zero-order chi connectivity index (χ0) is 10.5. The van der Waals surface area contributed by atoms with E-state index in [1.54, 1.807) is 0 Å². The molecule has 0 amide bonds. The molecule has 0 aromatic heterocycles. The Kier molecular flexibility index (Phi) is 5.48. The Labute approximate surface area is 80.6 Å². The van der Waals surface area contributed by atoms with Gasteiger partial charge in [0, 0.05) is 12.1 Å². The monoisotopic (exact) mass is 190 g/mol. The summed E-state index contributed by atoms with van der Waals surface area (Å²) in [5.74, 6) is -0.596. The van der Waals surface area contributed by atoms with Gasteiger partial charge in [0.05, 0.1) is 13.2 Å². The van der Waals surface area contributed by atoms with Crippen molar-refractivity contribution in [1.29, 1.82) is 0 Å². The summed E-state index contributed by atoms with van der Waals surface area (Å²) in [6.07, 6.45) is 0. The van der Waals surface area contributed by atoms with Crippen LogP contribution >= 0.6 is 0 Å². The van der Waals surface area contributed by atoms with Gasteiger partial charge in [0.1, 0.15) is 0 Å². The maximum Gasteiger partial charge on any atom is 0.162 e. The van der Waals surface area contributed by atoms with Crippen molar-refractivity contribution in [2.75, 3.05) is 13.2 Å². The standard InChI is InChI=1S/C9H22N2O2/c1-7(10)5-12-9(3,4)13-6-8(2)11/h7-8H,5-6,10-11H2,1-4H3. The van der Waals surface area contributed by atoms with Gasteiger partial charge in [-0.05, 0) is 27.7 Å². The lowest BCUT2D eigenvalue weighted by molar-refractivity contribution is -0.216. The molecule has 4 N–H and O–H groups in total. The fourth-order valence-corrected chi connectivity index (χ4v) is 0.706. The van der Waals surface area contributed by atoms with Crippen molar-refractivity contribution in [2.45, 2.75) is 45.6 Å². The van der Waals surface area contributed by atoms with E-state index in [0.29, 0.717) is 13.2 Å². The number of hydrogen-bond acceptors (Lipinski definition) is 4. The van der Waals surface area contributed by atoms with Crippen LogP contribution in [-0.2, 0) is 9.47 Å². The number of rotatable bonds is 6. The van der Waals surface area contributed by atoms with Crippen LogP contribution in [0.5, 0.6) is 0 Å². The van der Waals surface area contributed by atoms with Gasteiger partial charge in [-0.15, -0.1) is 0 Å². The maximum atomic E-state index is 5.55. The minimum absolute atomic E-state index is 0.0261. The Hall–Kier alpha value is -0.160. The molecule has 0 heterocycles. The number of nitrogens with two attached hydrogens (primary N) is 2. The van der Waals surface area contributed by atoms with Crippen molar-refractivity contribution in [1.82, 2.24) is 0 Å². The Morgan fingerprint density at radius 1 is 1.00 bits per heavy atom. The highest BCUT2D eigenvalue weighted by Gasteiger charge is 2.19. The van der Waals surface area contributed by atoms with Crippen molar-refractivity contribution >= 4 is 0 Å². The molecule has 0 fully saturated rings. The predicted octanol–water partition coefficient (Wildman–Crippen LogP) is 0.450. The van der Waals surface area contributed by atoms with E-state index in [4.69, 9.17) is 20.9 Å². The molecular weight excluding hydrogens is 168 g/mol. The largest absolute Gasteiger partial charge is 0.349 e. The average Bonchev–Trinajstić information content (AvgIpc) is 1.98. The molecule has 0 rings (SSSR count). The summed E-state index contributed by atoms with van der Waals surface area (Å²) in [4.78, 5) is 0. The highest BCUT2D eigenvalue weighted by atomic mass is 16.7. The summed E-state index contributed by atoms with van der Waals surface area (Å²) < 4.78 is 10.9. The van der Waals surface area contributed by atoms with Crippen LogP contribution in [0.4, 0.5) is 0 Å². The summed E-state index contributed by atoms with van der Waals surface area (Å²) in [6.45, 7) is 8.48. The third-order valence-electron chi connectivity index (χ3n) is 1.39. The molecular formula is C9H22N2O2. The molecule has 0 aliphatic rings.